The lowest BCUT2D eigenvalue weighted by Crippen LogP contribution is -2.52. The number of carbonyl (C=O) groups is 2. The monoisotopic (exact) mass is 456 g/mol. The van der Waals surface area contributed by atoms with Gasteiger partial charge in [-0.05, 0) is 49.4 Å². The molecule has 2 aromatic rings. The summed E-state index contributed by atoms with van der Waals surface area (Å²) in [6, 6.07) is 14.6. The van der Waals surface area contributed by atoms with Crippen LogP contribution >= 0.6 is 11.6 Å². The summed E-state index contributed by atoms with van der Waals surface area (Å²) in [5.41, 5.74) is 1.77. The van der Waals surface area contributed by atoms with Crippen LogP contribution in [0.1, 0.15) is 56.6 Å². The van der Waals surface area contributed by atoms with Gasteiger partial charge in [-0.3, -0.25) is 9.59 Å². The Morgan fingerprint density at radius 2 is 1.78 bits per heavy atom. The molecule has 0 radical (unpaired) electrons. The fraction of sp³-hybridized carbons (Fsp3) is 0.462. The summed E-state index contributed by atoms with van der Waals surface area (Å²) in [5.74, 6) is 0.327. The smallest absolute Gasteiger partial charge is 0.261 e. The van der Waals surface area contributed by atoms with Crippen LogP contribution in [0.15, 0.2) is 48.5 Å². The third-order valence-corrected chi connectivity index (χ3v) is 6.45. The van der Waals surface area contributed by atoms with Gasteiger partial charge in [-0.1, -0.05) is 74.2 Å². The largest absolute Gasteiger partial charge is 0.484 e. The van der Waals surface area contributed by atoms with Gasteiger partial charge in [-0.25, -0.2) is 0 Å². The molecule has 0 aliphatic heterocycles. The standard InChI is InChI=1S/C26H33ClN2O3/c1-3-23(26(31)28-21-13-5-4-6-14-21)29(17-20-12-8-9-15-22(20)27)25(30)18-32-24-16-10-7-11-19(24)2/h7-12,15-16,21,23H,3-6,13-14,17-18H2,1-2H3,(H,28,31)/t23-/m0/s1. The zero-order valence-corrected chi connectivity index (χ0v) is 19.7. The zero-order chi connectivity index (χ0) is 22.9. The molecule has 0 aromatic heterocycles. The molecule has 0 spiro atoms. The van der Waals surface area contributed by atoms with Crippen molar-refractivity contribution >= 4 is 23.4 Å². The molecule has 1 N–H and O–H groups in total. The van der Waals surface area contributed by atoms with Gasteiger partial charge < -0.3 is 15.0 Å². The summed E-state index contributed by atoms with van der Waals surface area (Å²) in [4.78, 5) is 28.1. The van der Waals surface area contributed by atoms with Gasteiger partial charge in [0.1, 0.15) is 11.8 Å². The number of hydrogen-bond donors (Lipinski definition) is 1. The van der Waals surface area contributed by atoms with Gasteiger partial charge in [0, 0.05) is 17.6 Å². The first-order valence-electron chi connectivity index (χ1n) is 11.5. The topological polar surface area (TPSA) is 58.6 Å². The predicted molar refractivity (Wildman–Crippen MR) is 128 cm³/mol. The molecule has 2 amide bonds. The van der Waals surface area contributed by atoms with E-state index in [1.54, 1.807) is 11.0 Å². The second-order valence-corrected chi connectivity index (χ2v) is 8.84. The number of ether oxygens (including phenoxy) is 1. The molecule has 0 heterocycles. The lowest BCUT2D eigenvalue weighted by Gasteiger charge is -2.33. The number of halogens is 1. The number of carbonyl (C=O) groups excluding carboxylic acids is 2. The first-order chi connectivity index (χ1) is 15.5. The first kappa shape index (κ1) is 24.1. The Morgan fingerprint density at radius 3 is 2.47 bits per heavy atom. The quantitative estimate of drug-likeness (QED) is 0.558. The van der Waals surface area contributed by atoms with Crippen LogP contribution in [0, 0.1) is 6.92 Å². The Morgan fingerprint density at radius 1 is 1.09 bits per heavy atom. The number of nitrogens with zero attached hydrogens (tertiary/aromatic N) is 1. The van der Waals surface area contributed by atoms with Gasteiger partial charge in [-0.15, -0.1) is 0 Å². The fourth-order valence-electron chi connectivity index (χ4n) is 4.21. The van der Waals surface area contributed by atoms with Crippen LogP contribution in [0.5, 0.6) is 5.75 Å². The van der Waals surface area contributed by atoms with Crippen LogP contribution in [0.25, 0.3) is 0 Å². The molecule has 0 bridgehead atoms. The van der Waals surface area contributed by atoms with E-state index >= 15 is 0 Å². The number of rotatable bonds is 9. The highest BCUT2D eigenvalue weighted by atomic mass is 35.5. The molecule has 2 aromatic carbocycles. The van der Waals surface area contributed by atoms with Gasteiger partial charge in [0.25, 0.3) is 5.91 Å². The summed E-state index contributed by atoms with van der Waals surface area (Å²) in [5, 5.41) is 3.76. The summed E-state index contributed by atoms with van der Waals surface area (Å²) < 4.78 is 5.82. The van der Waals surface area contributed by atoms with Gasteiger partial charge >= 0.3 is 0 Å². The Kier molecular flexibility index (Phi) is 8.98. The molecule has 3 rings (SSSR count). The Balaban J connectivity index is 1.77. The van der Waals surface area contributed by atoms with Gasteiger partial charge in [0.05, 0.1) is 0 Å². The van der Waals surface area contributed by atoms with Crippen molar-refractivity contribution in [1.82, 2.24) is 10.2 Å². The maximum atomic E-state index is 13.3. The van der Waals surface area contributed by atoms with E-state index in [9.17, 15) is 9.59 Å². The molecule has 172 valence electrons. The SMILES string of the molecule is CC[C@@H](C(=O)NC1CCCCC1)N(Cc1ccccc1Cl)C(=O)COc1ccccc1C. The third kappa shape index (κ3) is 6.49. The van der Waals surface area contributed by atoms with Crippen molar-refractivity contribution < 1.29 is 14.3 Å². The molecule has 1 aliphatic rings. The van der Waals surface area contributed by atoms with E-state index in [1.807, 2.05) is 56.3 Å². The molecular weight excluding hydrogens is 424 g/mol. The van der Waals surface area contributed by atoms with E-state index < -0.39 is 6.04 Å². The molecule has 0 saturated heterocycles. The minimum Gasteiger partial charge on any atom is -0.484 e. The highest BCUT2D eigenvalue weighted by Gasteiger charge is 2.31. The van der Waals surface area contributed by atoms with Crippen molar-refractivity contribution in [2.75, 3.05) is 6.61 Å². The summed E-state index contributed by atoms with van der Waals surface area (Å²) in [7, 11) is 0. The lowest BCUT2D eigenvalue weighted by atomic mass is 9.95. The van der Waals surface area contributed by atoms with Crippen LogP contribution in [-0.2, 0) is 16.1 Å². The molecule has 1 atom stereocenters. The van der Waals surface area contributed by atoms with Crippen molar-refractivity contribution in [3.05, 3.63) is 64.7 Å². The van der Waals surface area contributed by atoms with E-state index in [2.05, 4.69) is 5.32 Å². The summed E-state index contributed by atoms with van der Waals surface area (Å²) >= 11 is 6.38. The fourth-order valence-corrected chi connectivity index (χ4v) is 4.41. The second kappa shape index (κ2) is 11.9. The molecular formula is C26H33ClN2O3. The van der Waals surface area contributed by atoms with Crippen LogP contribution < -0.4 is 10.1 Å². The molecule has 1 aliphatic carbocycles. The summed E-state index contributed by atoms with van der Waals surface area (Å²) in [6.45, 7) is 3.99. The number of amides is 2. The average Bonchev–Trinajstić information content (AvgIpc) is 2.80. The van der Waals surface area contributed by atoms with Crippen molar-refractivity contribution in [2.24, 2.45) is 0 Å². The first-order valence-corrected chi connectivity index (χ1v) is 11.9. The highest BCUT2D eigenvalue weighted by Crippen LogP contribution is 2.22. The van der Waals surface area contributed by atoms with E-state index in [0.717, 1.165) is 36.8 Å². The molecule has 1 saturated carbocycles. The lowest BCUT2D eigenvalue weighted by molar-refractivity contribution is -0.143. The molecule has 1 fully saturated rings. The number of para-hydroxylation sites is 1. The second-order valence-electron chi connectivity index (χ2n) is 8.43. The van der Waals surface area contributed by atoms with E-state index in [4.69, 9.17) is 16.3 Å². The zero-order valence-electron chi connectivity index (χ0n) is 19.0. The van der Waals surface area contributed by atoms with E-state index in [1.165, 1.54) is 6.42 Å². The maximum Gasteiger partial charge on any atom is 0.261 e. The minimum absolute atomic E-state index is 0.101. The number of benzene rings is 2. The van der Waals surface area contributed by atoms with Crippen molar-refractivity contribution in [2.45, 2.75) is 71.0 Å². The van der Waals surface area contributed by atoms with Gasteiger partial charge in [-0.2, -0.15) is 0 Å². The predicted octanol–water partition coefficient (Wildman–Crippen LogP) is 5.28. The molecule has 32 heavy (non-hydrogen) atoms. The Hall–Kier alpha value is -2.53. The van der Waals surface area contributed by atoms with Crippen LogP contribution in [0.2, 0.25) is 5.02 Å². The van der Waals surface area contributed by atoms with Crippen LogP contribution in [0.4, 0.5) is 0 Å². The van der Waals surface area contributed by atoms with Gasteiger partial charge in [0.2, 0.25) is 5.91 Å². The van der Waals surface area contributed by atoms with Crippen LogP contribution in [0.3, 0.4) is 0 Å². The van der Waals surface area contributed by atoms with Crippen molar-refractivity contribution in [3.63, 3.8) is 0 Å². The number of aryl methyl sites for hydroxylation is 1. The summed E-state index contributed by atoms with van der Waals surface area (Å²) in [6.07, 6.45) is 5.99. The van der Waals surface area contributed by atoms with Crippen molar-refractivity contribution in [3.8, 4) is 5.75 Å². The van der Waals surface area contributed by atoms with Crippen molar-refractivity contribution in [1.29, 1.82) is 0 Å². The molecule has 0 unspecified atom stereocenters. The maximum absolute atomic E-state index is 13.3. The highest BCUT2D eigenvalue weighted by molar-refractivity contribution is 6.31. The van der Waals surface area contributed by atoms with E-state index in [0.29, 0.717) is 17.2 Å². The number of hydrogen-bond acceptors (Lipinski definition) is 3. The van der Waals surface area contributed by atoms with E-state index in [-0.39, 0.29) is 31.0 Å². The van der Waals surface area contributed by atoms with Crippen LogP contribution in [-0.4, -0.2) is 35.4 Å². The molecule has 6 heteroatoms. The minimum atomic E-state index is -0.582. The number of nitrogens with one attached hydrogen (secondary N) is 1. The Bertz CT molecular complexity index is 911. The molecule has 5 nitrogen and oxygen atoms in total. The van der Waals surface area contributed by atoms with Gasteiger partial charge in [0.15, 0.2) is 6.61 Å². The normalized spacial score (nSPS) is 15.1. The third-order valence-electron chi connectivity index (χ3n) is 6.08. The Labute approximate surface area is 196 Å². The average molecular weight is 457 g/mol.